The van der Waals surface area contributed by atoms with Crippen LogP contribution in [0.2, 0.25) is 5.02 Å². The van der Waals surface area contributed by atoms with Crippen LogP contribution < -0.4 is 0 Å². The molecule has 0 saturated heterocycles. The molecule has 108 valence electrons. The van der Waals surface area contributed by atoms with E-state index in [0.717, 1.165) is 20.9 Å². The summed E-state index contributed by atoms with van der Waals surface area (Å²) in [6.45, 7) is 4.01. The fraction of sp³-hybridized carbons (Fsp3) is 0.200. The minimum Gasteiger partial charge on any atom is -0.258 e. The van der Waals surface area contributed by atoms with Gasteiger partial charge in [-0.25, -0.2) is 4.39 Å². The van der Waals surface area contributed by atoms with Gasteiger partial charge in [0.15, 0.2) is 0 Å². The fourth-order valence-electron chi connectivity index (χ4n) is 2.62. The van der Waals surface area contributed by atoms with E-state index >= 15 is 0 Å². The van der Waals surface area contributed by atoms with Gasteiger partial charge in [0.1, 0.15) is 10.8 Å². The van der Waals surface area contributed by atoms with E-state index in [1.54, 1.807) is 12.1 Å². The second kappa shape index (κ2) is 4.71. The van der Waals surface area contributed by atoms with Gasteiger partial charge in [0.25, 0.3) is 5.69 Å². The topological polar surface area (TPSA) is 43.1 Å². The van der Waals surface area contributed by atoms with Gasteiger partial charge < -0.3 is 0 Å². The largest absolute Gasteiger partial charge is 0.289 e. The zero-order valence-corrected chi connectivity index (χ0v) is 12.9. The average molecular weight is 324 g/mol. The molecule has 1 aliphatic heterocycles. The van der Waals surface area contributed by atoms with Crippen LogP contribution in [0.15, 0.2) is 40.1 Å². The molecule has 0 unspecified atom stereocenters. The summed E-state index contributed by atoms with van der Waals surface area (Å²) in [6.07, 6.45) is 0. The number of rotatable bonds is 1. The monoisotopic (exact) mass is 323 g/mol. The van der Waals surface area contributed by atoms with Crippen LogP contribution in [0.5, 0.6) is 0 Å². The van der Waals surface area contributed by atoms with E-state index in [-0.39, 0.29) is 21.9 Å². The number of fused-ring (bicyclic) bond motifs is 2. The molecule has 0 amide bonds. The molecule has 2 aromatic rings. The Kier molecular flexibility index (Phi) is 3.22. The molecular weight excluding hydrogens is 313 g/mol. The van der Waals surface area contributed by atoms with Crippen molar-refractivity contribution in [2.75, 3.05) is 0 Å². The number of nitro groups is 1. The summed E-state index contributed by atoms with van der Waals surface area (Å²) in [4.78, 5) is 12.0. The molecule has 0 aliphatic carbocycles. The van der Waals surface area contributed by atoms with Crippen molar-refractivity contribution in [1.82, 2.24) is 0 Å². The molecule has 6 heteroatoms. The summed E-state index contributed by atoms with van der Waals surface area (Å²) in [5.41, 5.74) is 1.40. The van der Waals surface area contributed by atoms with Crippen LogP contribution in [0.3, 0.4) is 0 Å². The Morgan fingerprint density at radius 2 is 1.86 bits per heavy atom. The van der Waals surface area contributed by atoms with Crippen molar-refractivity contribution in [2.45, 2.75) is 29.1 Å². The first-order chi connectivity index (χ1) is 9.80. The van der Waals surface area contributed by atoms with Gasteiger partial charge in [0.2, 0.25) is 0 Å². The number of nitro benzene ring substituents is 1. The van der Waals surface area contributed by atoms with E-state index < -0.39 is 4.92 Å². The van der Waals surface area contributed by atoms with Crippen molar-refractivity contribution in [3.63, 3.8) is 0 Å². The van der Waals surface area contributed by atoms with Crippen molar-refractivity contribution in [1.29, 1.82) is 0 Å². The Morgan fingerprint density at radius 3 is 2.52 bits per heavy atom. The minimum atomic E-state index is -0.503. The normalized spacial score (nSPS) is 15.2. The minimum absolute atomic E-state index is 0.123. The first-order valence-electron chi connectivity index (χ1n) is 6.27. The first kappa shape index (κ1) is 14.4. The second-order valence-electron chi connectivity index (χ2n) is 5.42. The summed E-state index contributed by atoms with van der Waals surface area (Å²) in [5, 5.41) is 11.1. The Labute approximate surface area is 130 Å². The van der Waals surface area contributed by atoms with E-state index in [1.807, 2.05) is 13.8 Å². The zero-order valence-electron chi connectivity index (χ0n) is 11.3. The Morgan fingerprint density at radius 1 is 1.19 bits per heavy atom. The summed E-state index contributed by atoms with van der Waals surface area (Å²) >= 11 is 7.36. The highest BCUT2D eigenvalue weighted by Crippen LogP contribution is 2.51. The first-order valence-corrected chi connectivity index (χ1v) is 7.46. The summed E-state index contributed by atoms with van der Waals surface area (Å²) in [5.74, 6) is -0.316. The van der Waals surface area contributed by atoms with Crippen LogP contribution in [0.1, 0.15) is 25.0 Å². The fourth-order valence-corrected chi connectivity index (χ4v) is 4.28. The van der Waals surface area contributed by atoms with Crippen LogP contribution >= 0.6 is 23.4 Å². The Hall–Kier alpha value is -1.59. The van der Waals surface area contributed by atoms with Gasteiger partial charge in [-0.2, -0.15) is 0 Å². The highest BCUT2D eigenvalue weighted by molar-refractivity contribution is 7.99. The highest BCUT2D eigenvalue weighted by Gasteiger charge is 2.35. The summed E-state index contributed by atoms with van der Waals surface area (Å²) < 4.78 is 13.5. The van der Waals surface area contributed by atoms with E-state index in [0.29, 0.717) is 0 Å². The smallest absolute Gasteiger partial charge is 0.258 e. The van der Waals surface area contributed by atoms with Crippen LogP contribution in [0.4, 0.5) is 10.1 Å². The van der Waals surface area contributed by atoms with Crippen molar-refractivity contribution in [3.8, 4) is 0 Å². The molecule has 0 radical (unpaired) electrons. The molecule has 0 aromatic heterocycles. The van der Waals surface area contributed by atoms with Gasteiger partial charge in [-0.15, -0.1) is 0 Å². The van der Waals surface area contributed by atoms with E-state index in [2.05, 4.69) is 0 Å². The zero-order chi connectivity index (χ0) is 15.4. The van der Waals surface area contributed by atoms with Gasteiger partial charge in [-0.3, -0.25) is 10.1 Å². The van der Waals surface area contributed by atoms with Crippen LogP contribution in [0.25, 0.3) is 0 Å². The maximum absolute atomic E-state index is 13.5. The third kappa shape index (κ3) is 2.21. The molecule has 0 saturated carbocycles. The van der Waals surface area contributed by atoms with Gasteiger partial charge in [0, 0.05) is 21.3 Å². The molecule has 0 fully saturated rings. The quantitative estimate of drug-likeness (QED) is 0.536. The van der Waals surface area contributed by atoms with Crippen LogP contribution in [0, 0.1) is 15.9 Å². The lowest BCUT2D eigenvalue weighted by Crippen LogP contribution is -2.24. The van der Waals surface area contributed by atoms with Crippen LogP contribution in [-0.2, 0) is 5.41 Å². The predicted molar refractivity (Wildman–Crippen MR) is 80.8 cm³/mol. The van der Waals surface area contributed by atoms with Gasteiger partial charge >= 0.3 is 0 Å². The molecule has 0 atom stereocenters. The molecule has 0 N–H and O–H groups in total. The molecule has 2 aromatic carbocycles. The van der Waals surface area contributed by atoms with E-state index in [1.165, 1.54) is 30.0 Å². The van der Waals surface area contributed by atoms with Crippen molar-refractivity contribution >= 4 is 29.1 Å². The SMILES string of the molecule is CC1(C)c2ccc(F)cc2Sc2cc([N+](=O)[O-])c(Cl)cc21. The lowest BCUT2D eigenvalue weighted by Gasteiger charge is -2.34. The molecule has 1 heterocycles. The number of nitrogens with zero attached hydrogens (tertiary/aromatic N) is 1. The third-order valence-electron chi connectivity index (χ3n) is 3.76. The molecule has 0 bridgehead atoms. The molecule has 21 heavy (non-hydrogen) atoms. The molecule has 3 rings (SSSR count). The maximum Gasteiger partial charge on any atom is 0.289 e. The number of halogens is 2. The standard InChI is InChI=1S/C15H11ClFNO2S/c1-15(2)9-4-3-8(17)5-13(9)21-14-7-12(18(19)20)11(16)6-10(14)15/h3-7H,1-2H3. The Bertz CT molecular complexity index is 777. The molecule has 1 aliphatic rings. The number of hydrogen-bond acceptors (Lipinski definition) is 3. The van der Waals surface area contributed by atoms with Gasteiger partial charge in [-0.05, 0) is 29.3 Å². The lowest BCUT2D eigenvalue weighted by molar-refractivity contribution is -0.384. The van der Waals surface area contributed by atoms with Crippen molar-refractivity contribution in [2.24, 2.45) is 0 Å². The van der Waals surface area contributed by atoms with E-state index in [4.69, 9.17) is 11.6 Å². The van der Waals surface area contributed by atoms with Gasteiger partial charge in [-0.1, -0.05) is 43.3 Å². The molecular formula is C15H11ClFNO2S. The summed E-state index contributed by atoms with van der Waals surface area (Å²) in [7, 11) is 0. The van der Waals surface area contributed by atoms with Crippen molar-refractivity contribution in [3.05, 3.63) is 62.4 Å². The second-order valence-corrected chi connectivity index (χ2v) is 6.92. The predicted octanol–water partition coefficient (Wildman–Crippen LogP) is 5.18. The number of benzene rings is 2. The highest BCUT2D eigenvalue weighted by atomic mass is 35.5. The molecule has 3 nitrogen and oxygen atoms in total. The molecule has 0 spiro atoms. The lowest BCUT2D eigenvalue weighted by atomic mass is 9.77. The maximum atomic E-state index is 13.5. The average Bonchev–Trinajstić information content (AvgIpc) is 2.38. The van der Waals surface area contributed by atoms with E-state index in [9.17, 15) is 14.5 Å². The van der Waals surface area contributed by atoms with Gasteiger partial charge in [0.05, 0.1) is 4.92 Å². The van der Waals surface area contributed by atoms with Crippen molar-refractivity contribution < 1.29 is 9.31 Å². The van der Waals surface area contributed by atoms with Crippen LogP contribution in [-0.4, -0.2) is 4.92 Å². The summed E-state index contributed by atoms with van der Waals surface area (Å²) in [6, 6.07) is 7.77. The third-order valence-corrected chi connectivity index (χ3v) is 5.17. The number of hydrogen-bond donors (Lipinski definition) is 0. The Balaban J connectivity index is 2.25.